The first-order valence-corrected chi connectivity index (χ1v) is 5.84. The third-order valence-electron chi connectivity index (χ3n) is 3.01. The van der Waals surface area contributed by atoms with Crippen molar-refractivity contribution in [2.24, 2.45) is 0 Å². The summed E-state index contributed by atoms with van der Waals surface area (Å²) in [6.45, 7) is 3.53. The molecule has 0 saturated heterocycles. The molecule has 17 heavy (non-hydrogen) atoms. The molecule has 88 valence electrons. The highest BCUT2D eigenvalue weighted by molar-refractivity contribution is 5.59. The van der Waals surface area contributed by atoms with Gasteiger partial charge in [0.2, 0.25) is 0 Å². The molecular formula is C14H16N2O. The van der Waals surface area contributed by atoms with E-state index in [1.165, 1.54) is 0 Å². The molecule has 1 aliphatic rings. The van der Waals surface area contributed by atoms with Crippen molar-refractivity contribution in [1.29, 1.82) is 5.26 Å². The van der Waals surface area contributed by atoms with E-state index in [1.54, 1.807) is 13.0 Å². The molecule has 0 amide bonds. The van der Waals surface area contributed by atoms with Crippen molar-refractivity contribution in [2.75, 3.05) is 18.0 Å². The Morgan fingerprint density at radius 1 is 1.41 bits per heavy atom. The Morgan fingerprint density at radius 2 is 2.24 bits per heavy atom. The summed E-state index contributed by atoms with van der Waals surface area (Å²) in [6, 6.07) is 7.61. The van der Waals surface area contributed by atoms with Gasteiger partial charge in [-0.2, -0.15) is 5.26 Å². The highest BCUT2D eigenvalue weighted by atomic mass is 16.3. The number of hydrogen-bond donors (Lipinski definition) is 1. The predicted molar refractivity (Wildman–Crippen MR) is 67.8 cm³/mol. The summed E-state index contributed by atoms with van der Waals surface area (Å²) in [6.07, 6.45) is 4.78. The van der Waals surface area contributed by atoms with Crippen molar-refractivity contribution in [3.63, 3.8) is 0 Å². The lowest BCUT2D eigenvalue weighted by atomic mass is 10.0. The third-order valence-corrected chi connectivity index (χ3v) is 3.01. The van der Waals surface area contributed by atoms with Crippen molar-refractivity contribution in [3.05, 3.63) is 41.5 Å². The maximum atomic E-state index is 9.77. The second-order valence-corrected chi connectivity index (χ2v) is 4.27. The Labute approximate surface area is 102 Å². The fraction of sp³-hybridized carbons (Fsp3) is 0.357. The largest absolute Gasteiger partial charge is 0.389 e. The predicted octanol–water partition coefficient (Wildman–Crippen LogP) is 2.38. The Hall–Kier alpha value is -1.79. The number of rotatable bonds is 2. The van der Waals surface area contributed by atoms with Crippen LogP contribution in [0.5, 0.6) is 0 Å². The van der Waals surface area contributed by atoms with Crippen LogP contribution in [0.25, 0.3) is 0 Å². The van der Waals surface area contributed by atoms with Gasteiger partial charge in [0.15, 0.2) is 0 Å². The molecule has 0 unspecified atom stereocenters. The summed E-state index contributed by atoms with van der Waals surface area (Å²) in [7, 11) is 0. The van der Waals surface area contributed by atoms with Crippen LogP contribution in [-0.4, -0.2) is 18.2 Å². The molecule has 0 spiro atoms. The molecule has 1 atom stereocenters. The Kier molecular flexibility index (Phi) is 3.46. The third kappa shape index (κ3) is 2.48. The standard InChI is InChI=1S/C14H16N2O/c1-11(17)13-6-5-12(10-15)9-14(13)16-7-3-2-4-8-16/h2-3,5-6,9,11,17H,4,7-8H2,1H3/t11-/m0/s1. The molecule has 3 heteroatoms. The Balaban J connectivity index is 2.41. The number of nitriles is 1. The smallest absolute Gasteiger partial charge is 0.0992 e. The van der Waals surface area contributed by atoms with Crippen molar-refractivity contribution in [3.8, 4) is 6.07 Å². The molecule has 1 N–H and O–H groups in total. The van der Waals surface area contributed by atoms with Gasteiger partial charge < -0.3 is 10.0 Å². The molecule has 0 fully saturated rings. The first-order chi connectivity index (χ1) is 8.22. The average Bonchev–Trinajstić information content (AvgIpc) is 2.39. The van der Waals surface area contributed by atoms with E-state index in [0.717, 1.165) is 30.8 Å². The lowest BCUT2D eigenvalue weighted by molar-refractivity contribution is 0.199. The van der Waals surface area contributed by atoms with Crippen LogP contribution in [0.15, 0.2) is 30.4 Å². The molecule has 3 nitrogen and oxygen atoms in total. The average molecular weight is 228 g/mol. The van der Waals surface area contributed by atoms with Gasteiger partial charge in [-0.05, 0) is 25.5 Å². The van der Waals surface area contributed by atoms with Crippen LogP contribution < -0.4 is 4.90 Å². The minimum Gasteiger partial charge on any atom is -0.389 e. The fourth-order valence-corrected chi connectivity index (χ4v) is 2.10. The summed E-state index contributed by atoms with van der Waals surface area (Å²) in [5, 5.41) is 18.7. The van der Waals surface area contributed by atoms with Gasteiger partial charge in [-0.15, -0.1) is 0 Å². The first-order valence-electron chi connectivity index (χ1n) is 5.84. The first kappa shape index (κ1) is 11.7. The molecule has 1 aliphatic heterocycles. The van der Waals surface area contributed by atoms with Crippen molar-refractivity contribution in [2.45, 2.75) is 19.4 Å². The van der Waals surface area contributed by atoms with Gasteiger partial charge in [-0.1, -0.05) is 18.2 Å². The zero-order valence-corrected chi connectivity index (χ0v) is 9.93. The number of hydrogen-bond acceptors (Lipinski definition) is 3. The summed E-state index contributed by atoms with van der Waals surface area (Å²) in [4.78, 5) is 2.20. The van der Waals surface area contributed by atoms with Crippen molar-refractivity contribution in [1.82, 2.24) is 0 Å². The van der Waals surface area contributed by atoms with E-state index in [9.17, 15) is 5.11 Å². The molecule has 0 aromatic heterocycles. The molecule has 2 rings (SSSR count). The van der Waals surface area contributed by atoms with Crippen LogP contribution in [0.3, 0.4) is 0 Å². The Bertz CT molecular complexity index is 472. The number of aliphatic hydroxyl groups excluding tert-OH is 1. The van der Waals surface area contributed by atoms with Crippen LogP contribution >= 0.6 is 0 Å². The van der Waals surface area contributed by atoms with Crippen molar-refractivity contribution >= 4 is 5.69 Å². The minimum absolute atomic E-state index is 0.511. The zero-order chi connectivity index (χ0) is 12.3. The quantitative estimate of drug-likeness (QED) is 0.790. The van der Waals surface area contributed by atoms with E-state index in [2.05, 4.69) is 23.1 Å². The Morgan fingerprint density at radius 3 is 2.82 bits per heavy atom. The lowest BCUT2D eigenvalue weighted by Gasteiger charge is -2.28. The van der Waals surface area contributed by atoms with Gasteiger partial charge >= 0.3 is 0 Å². The molecule has 0 bridgehead atoms. The van der Waals surface area contributed by atoms with Gasteiger partial charge in [0.25, 0.3) is 0 Å². The van der Waals surface area contributed by atoms with E-state index in [4.69, 9.17) is 5.26 Å². The maximum absolute atomic E-state index is 9.77. The number of benzene rings is 1. The lowest BCUT2D eigenvalue weighted by Crippen LogP contribution is -2.28. The molecule has 0 saturated carbocycles. The van der Waals surface area contributed by atoms with E-state index in [0.29, 0.717) is 5.56 Å². The summed E-state index contributed by atoms with van der Waals surface area (Å²) < 4.78 is 0. The second-order valence-electron chi connectivity index (χ2n) is 4.27. The number of nitrogens with zero attached hydrogens (tertiary/aromatic N) is 2. The van der Waals surface area contributed by atoms with Gasteiger partial charge in [-0.3, -0.25) is 0 Å². The fourth-order valence-electron chi connectivity index (χ4n) is 2.10. The molecular weight excluding hydrogens is 212 g/mol. The van der Waals surface area contributed by atoms with E-state index in [1.807, 2.05) is 12.1 Å². The van der Waals surface area contributed by atoms with E-state index in [-0.39, 0.29) is 0 Å². The van der Waals surface area contributed by atoms with Crippen LogP contribution in [0.4, 0.5) is 5.69 Å². The van der Waals surface area contributed by atoms with Gasteiger partial charge in [0.1, 0.15) is 0 Å². The van der Waals surface area contributed by atoms with Crippen molar-refractivity contribution < 1.29 is 5.11 Å². The summed E-state index contributed by atoms with van der Waals surface area (Å²) in [5.74, 6) is 0. The van der Waals surface area contributed by atoms with E-state index >= 15 is 0 Å². The summed E-state index contributed by atoms with van der Waals surface area (Å²) in [5.41, 5.74) is 2.50. The topological polar surface area (TPSA) is 47.3 Å². The highest BCUT2D eigenvalue weighted by Gasteiger charge is 2.15. The summed E-state index contributed by atoms with van der Waals surface area (Å²) >= 11 is 0. The van der Waals surface area contributed by atoms with Crippen LogP contribution in [-0.2, 0) is 0 Å². The minimum atomic E-state index is -0.511. The number of aliphatic hydroxyl groups is 1. The van der Waals surface area contributed by atoms with Crippen LogP contribution in [0.2, 0.25) is 0 Å². The van der Waals surface area contributed by atoms with Crippen LogP contribution in [0.1, 0.15) is 30.6 Å². The molecule has 0 radical (unpaired) electrons. The zero-order valence-electron chi connectivity index (χ0n) is 9.93. The number of anilines is 1. The van der Waals surface area contributed by atoms with Gasteiger partial charge in [-0.25, -0.2) is 0 Å². The molecule has 1 aromatic carbocycles. The van der Waals surface area contributed by atoms with Gasteiger partial charge in [0, 0.05) is 24.3 Å². The second kappa shape index (κ2) is 5.03. The normalized spacial score (nSPS) is 16.6. The molecule has 0 aliphatic carbocycles. The SMILES string of the molecule is C[C@H](O)c1ccc(C#N)cc1N1CC=CCC1. The van der Waals surface area contributed by atoms with Crippen LogP contribution in [0, 0.1) is 11.3 Å². The molecule has 1 heterocycles. The maximum Gasteiger partial charge on any atom is 0.0992 e. The molecule has 1 aromatic rings. The van der Waals surface area contributed by atoms with E-state index < -0.39 is 6.10 Å². The highest BCUT2D eigenvalue weighted by Crippen LogP contribution is 2.28. The van der Waals surface area contributed by atoms with Gasteiger partial charge in [0.05, 0.1) is 17.7 Å². The monoisotopic (exact) mass is 228 g/mol.